The molecule has 2 aromatic rings. The summed E-state index contributed by atoms with van der Waals surface area (Å²) < 4.78 is 25.4. The lowest BCUT2D eigenvalue weighted by Gasteiger charge is -2.10. The highest BCUT2D eigenvalue weighted by Gasteiger charge is 2.28. The fourth-order valence-corrected chi connectivity index (χ4v) is 5.93. The van der Waals surface area contributed by atoms with Gasteiger partial charge in [-0.05, 0) is 25.0 Å². The lowest BCUT2D eigenvalue weighted by Crippen LogP contribution is -2.24. The van der Waals surface area contributed by atoms with Crippen molar-refractivity contribution in [2.45, 2.75) is 37.4 Å². The van der Waals surface area contributed by atoms with Gasteiger partial charge >= 0.3 is 0 Å². The average Bonchev–Trinajstić information content (AvgIpc) is 3.25. The highest BCUT2D eigenvalue weighted by Crippen LogP contribution is 2.28. The van der Waals surface area contributed by atoms with E-state index in [2.05, 4.69) is 26.2 Å². The van der Waals surface area contributed by atoms with Crippen LogP contribution in [-0.2, 0) is 14.6 Å². The summed E-state index contributed by atoms with van der Waals surface area (Å²) in [6, 6.07) is 7.75. The molecule has 0 unspecified atom stereocenters. The summed E-state index contributed by atoms with van der Waals surface area (Å²) >= 11 is 4.75. The molecule has 0 atom stereocenters. The maximum atomic E-state index is 12.2. The second kappa shape index (κ2) is 7.97. The fraction of sp³-hybridized carbons (Fsp3) is 0.412. The van der Waals surface area contributed by atoms with Gasteiger partial charge in [-0.15, -0.1) is 11.3 Å². The van der Waals surface area contributed by atoms with Gasteiger partial charge in [-0.1, -0.05) is 40.9 Å². The minimum atomic E-state index is -3.17. The fourth-order valence-electron chi connectivity index (χ4n) is 2.94. The lowest BCUT2D eigenvalue weighted by atomic mass is 10.2. The molecule has 1 aromatic heterocycles. The third kappa shape index (κ3) is 4.89. The molecule has 1 saturated carbocycles. The summed E-state index contributed by atoms with van der Waals surface area (Å²) in [5, 5.41) is 4.79. The quantitative estimate of drug-likeness (QED) is 0.724. The Kier molecular flexibility index (Phi) is 5.91. The maximum Gasteiger partial charge on any atom is 0.227 e. The van der Waals surface area contributed by atoms with Crippen LogP contribution in [0.3, 0.4) is 0 Å². The van der Waals surface area contributed by atoms with E-state index in [9.17, 15) is 13.2 Å². The second-order valence-corrected chi connectivity index (χ2v) is 10.3. The van der Waals surface area contributed by atoms with E-state index in [1.54, 1.807) is 0 Å². The number of halogens is 1. The largest absolute Gasteiger partial charge is 0.302 e. The van der Waals surface area contributed by atoms with Gasteiger partial charge in [0.05, 0.1) is 16.7 Å². The first-order valence-corrected chi connectivity index (χ1v) is 11.6. The van der Waals surface area contributed by atoms with E-state index in [4.69, 9.17) is 0 Å². The SMILES string of the molecule is O=C(CCS(=O)(=O)C1CCCC1)Nc1nc(-c2cccc(Br)c2)cs1. The molecular formula is C17H19BrN2O3S2. The van der Waals surface area contributed by atoms with Crippen molar-refractivity contribution in [2.24, 2.45) is 0 Å². The van der Waals surface area contributed by atoms with Crippen molar-refractivity contribution in [3.63, 3.8) is 0 Å². The Morgan fingerprint density at radius 3 is 2.80 bits per heavy atom. The molecule has 1 heterocycles. The van der Waals surface area contributed by atoms with Crippen LogP contribution in [0.4, 0.5) is 5.13 Å². The zero-order valence-electron chi connectivity index (χ0n) is 13.6. The third-order valence-electron chi connectivity index (χ3n) is 4.29. The number of rotatable bonds is 6. The van der Waals surface area contributed by atoms with E-state index in [1.807, 2.05) is 29.6 Å². The highest BCUT2D eigenvalue weighted by molar-refractivity contribution is 9.10. The summed E-state index contributed by atoms with van der Waals surface area (Å²) in [6.45, 7) is 0. The Balaban J connectivity index is 1.57. The maximum absolute atomic E-state index is 12.2. The minimum absolute atomic E-state index is 0.0232. The summed E-state index contributed by atoms with van der Waals surface area (Å²) in [7, 11) is -3.17. The van der Waals surface area contributed by atoms with Crippen molar-refractivity contribution in [3.05, 3.63) is 34.1 Å². The van der Waals surface area contributed by atoms with Gasteiger partial charge in [0, 0.05) is 21.8 Å². The Bertz CT molecular complexity index is 858. The van der Waals surface area contributed by atoms with E-state index < -0.39 is 9.84 Å². The first-order valence-electron chi connectivity index (χ1n) is 8.17. The van der Waals surface area contributed by atoms with Crippen molar-refractivity contribution in [2.75, 3.05) is 11.1 Å². The number of nitrogens with zero attached hydrogens (tertiary/aromatic N) is 1. The molecule has 1 aliphatic rings. The monoisotopic (exact) mass is 442 g/mol. The minimum Gasteiger partial charge on any atom is -0.302 e. The number of anilines is 1. The number of thiazole rings is 1. The number of amides is 1. The number of benzene rings is 1. The van der Waals surface area contributed by atoms with E-state index in [-0.39, 0.29) is 23.3 Å². The van der Waals surface area contributed by atoms with Crippen LogP contribution in [0.15, 0.2) is 34.1 Å². The van der Waals surface area contributed by atoms with Gasteiger partial charge in [-0.3, -0.25) is 4.79 Å². The van der Waals surface area contributed by atoms with Crippen molar-refractivity contribution < 1.29 is 13.2 Å². The van der Waals surface area contributed by atoms with E-state index in [0.29, 0.717) is 5.13 Å². The van der Waals surface area contributed by atoms with Gasteiger partial charge in [-0.25, -0.2) is 13.4 Å². The van der Waals surface area contributed by atoms with Gasteiger partial charge in [0.2, 0.25) is 5.91 Å². The molecule has 0 spiro atoms. The van der Waals surface area contributed by atoms with Crippen molar-refractivity contribution in [3.8, 4) is 11.3 Å². The molecule has 0 bridgehead atoms. The predicted molar refractivity (Wildman–Crippen MR) is 105 cm³/mol. The van der Waals surface area contributed by atoms with Crippen LogP contribution in [0.2, 0.25) is 0 Å². The lowest BCUT2D eigenvalue weighted by molar-refractivity contribution is -0.115. The molecule has 1 fully saturated rings. The molecule has 0 aliphatic heterocycles. The normalized spacial score (nSPS) is 15.4. The summed E-state index contributed by atoms with van der Waals surface area (Å²) in [5.74, 6) is -0.399. The number of carbonyl (C=O) groups excluding carboxylic acids is 1. The molecule has 3 rings (SSSR count). The van der Waals surface area contributed by atoms with Crippen LogP contribution in [0.5, 0.6) is 0 Å². The zero-order chi connectivity index (χ0) is 17.9. The number of carbonyl (C=O) groups is 1. The molecule has 0 radical (unpaired) electrons. The van der Waals surface area contributed by atoms with E-state index in [0.717, 1.165) is 41.4 Å². The van der Waals surface area contributed by atoms with Gasteiger partial charge in [0.1, 0.15) is 0 Å². The average molecular weight is 443 g/mol. The number of nitrogens with one attached hydrogen (secondary N) is 1. The van der Waals surface area contributed by atoms with Crippen molar-refractivity contribution >= 4 is 48.1 Å². The Morgan fingerprint density at radius 1 is 1.32 bits per heavy atom. The van der Waals surface area contributed by atoms with Crippen LogP contribution in [-0.4, -0.2) is 30.3 Å². The molecule has 1 aliphatic carbocycles. The van der Waals surface area contributed by atoms with E-state index in [1.165, 1.54) is 11.3 Å². The highest BCUT2D eigenvalue weighted by atomic mass is 79.9. The van der Waals surface area contributed by atoms with Gasteiger partial charge in [0.15, 0.2) is 15.0 Å². The molecular weight excluding hydrogens is 424 g/mol. The molecule has 8 heteroatoms. The standard InChI is InChI=1S/C17H19BrN2O3S2/c18-13-5-3-4-12(10-13)15-11-24-17(19-15)20-16(21)8-9-25(22,23)14-6-1-2-7-14/h3-5,10-11,14H,1-2,6-9H2,(H,19,20,21). The molecule has 134 valence electrons. The second-order valence-electron chi connectivity index (χ2n) is 6.12. The predicted octanol–water partition coefficient (Wildman–Crippen LogP) is 4.26. The molecule has 0 saturated heterocycles. The van der Waals surface area contributed by atoms with Gasteiger partial charge < -0.3 is 5.32 Å². The van der Waals surface area contributed by atoms with Crippen LogP contribution in [0, 0.1) is 0 Å². The van der Waals surface area contributed by atoms with Crippen LogP contribution >= 0.6 is 27.3 Å². The zero-order valence-corrected chi connectivity index (χ0v) is 16.8. The topological polar surface area (TPSA) is 76.1 Å². The summed E-state index contributed by atoms with van der Waals surface area (Å²) in [5.41, 5.74) is 1.73. The van der Waals surface area contributed by atoms with E-state index >= 15 is 0 Å². The van der Waals surface area contributed by atoms with Crippen molar-refractivity contribution in [1.82, 2.24) is 4.98 Å². The Morgan fingerprint density at radius 2 is 2.08 bits per heavy atom. The Hall–Kier alpha value is -1.25. The smallest absolute Gasteiger partial charge is 0.227 e. The number of aromatic nitrogens is 1. The van der Waals surface area contributed by atoms with Gasteiger partial charge in [0.25, 0.3) is 0 Å². The number of hydrogen-bond acceptors (Lipinski definition) is 5. The molecule has 1 N–H and O–H groups in total. The van der Waals surface area contributed by atoms with Crippen molar-refractivity contribution in [1.29, 1.82) is 0 Å². The molecule has 25 heavy (non-hydrogen) atoms. The summed E-state index contributed by atoms with van der Waals surface area (Å²) in [4.78, 5) is 16.5. The number of hydrogen-bond donors (Lipinski definition) is 1. The Labute approximate surface area is 159 Å². The van der Waals surface area contributed by atoms with Crippen LogP contribution < -0.4 is 5.32 Å². The van der Waals surface area contributed by atoms with Crippen LogP contribution in [0.1, 0.15) is 32.1 Å². The van der Waals surface area contributed by atoms with Gasteiger partial charge in [-0.2, -0.15) is 0 Å². The first-order chi connectivity index (χ1) is 11.9. The number of sulfone groups is 1. The molecule has 1 aromatic carbocycles. The molecule has 5 nitrogen and oxygen atoms in total. The summed E-state index contributed by atoms with van der Waals surface area (Å²) in [6.07, 6.45) is 3.37. The first kappa shape index (κ1) is 18.5. The third-order valence-corrected chi connectivity index (χ3v) is 7.81. The van der Waals surface area contributed by atoms with Crippen LogP contribution in [0.25, 0.3) is 11.3 Å². The molecule has 1 amide bonds.